The number of unbranched alkanes of at least 4 members (excludes halogenated alkanes) is 1. The van der Waals surface area contributed by atoms with Crippen molar-refractivity contribution in [3.05, 3.63) is 34.9 Å². The molecule has 7 heteroatoms. The summed E-state index contributed by atoms with van der Waals surface area (Å²) in [5.41, 5.74) is 0.658. The summed E-state index contributed by atoms with van der Waals surface area (Å²) in [6, 6.07) is 4.46. The van der Waals surface area contributed by atoms with Crippen LogP contribution in [0.5, 0.6) is 0 Å². The number of ether oxygens (including phenoxy) is 1. The van der Waals surface area contributed by atoms with Gasteiger partial charge in [-0.15, -0.1) is 0 Å². The highest BCUT2D eigenvalue weighted by Crippen LogP contribution is 2.25. The van der Waals surface area contributed by atoms with E-state index in [2.05, 4.69) is 5.32 Å². The largest absolute Gasteiger partial charge is 0.449 e. The Kier molecular flexibility index (Phi) is 6.67. The monoisotopic (exact) mass is 400 g/mol. The first-order valence-electron chi connectivity index (χ1n) is 10.4. The van der Waals surface area contributed by atoms with E-state index in [0.29, 0.717) is 12.1 Å². The SMILES string of the molecule is CCCCN1C(=O)c2ccc(C(=O)OC(C)C(=O)NC3CCCCC3)cc2C1=O. The standard InChI is InChI=1S/C22H28N2O5/c1-3-4-12-24-20(26)17-11-10-15(13-18(17)21(24)27)22(28)29-14(2)19(25)23-16-8-6-5-7-9-16/h10-11,13-14,16H,3-9,12H2,1-2H3,(H,23,25). The molecule has 1 N–H and O–H groups in total. The van der Waals surface area contributed by atoms with Crippen LogP contribution in [0.3, 0.4) is 0 Å². The topological polar surface area (TPSA) is 92.8 Å². The predicted molar refractivity (Wildman–Crippen MR) is 107 cm³/mol. The summed E-state index contributed by atoms with van der Waals surface area (Å²) in [7, 11) is 0. The maximum atomic E-state index is 12.5. The fourth-order valence-electron chi connectivity index (χ4n) is 3.78. The van der Waals surface area contributed by atoms with Gasteiger partial charge in [-0.2, -0.15) is 0 Å². The van der Waals surface area contributed by atoms with Crippen LogP contribution < -0.4 is 5.32 Å². The Morgan fingerprint density at radius 1 is 1.14 bits per heavy atom. The zero-order chi connectivity index (χ0) is 21.0. The van der Waals surface area contributed by atoms with Gasteiger partial charge >= 0.3 is 5.97 Å². The zero-order valence-corrected chi connectivity index (χ0v) is 17.0. The van der Waals surface area contributed by atoms with E-state index in [1.807, 2.05) is 6.92 Å². The van der Waals surface area contributed by atoms with Crippen LogP contribution in [-0.2, 0) is 9.53 Å². The average Bonchev–Trinajstić information content (AvgIpc) is 2.96. The summed E-state index contributed by atoms with van der Waals surface area (Å²) in [5.74, 6) is -1.73. The molecule has 156 valence electrons. The summed E-state index contributed by atoms with van der Waals surface area (Å²) in [4.78, 5) is 50.9. The maximum absolute atomic E-state index is 12.5. The quantitative estimate of drug-likeness (QED) is 0.561. The third-order valence-corrected chi connectivity index (χ3v) is 5.55. The summed E-state index contributed by atoms with van der Waals surface area (Å²) < 4.78 is 5.29. The van der Waals surface area contributed by atoms with E-state index in [1.165, 1.54) is 36.4 Å². The van der Waals surface area contributed by atoms with E-state index >= 15 is 0 Å². The molecule has 0 saturated heterocycles. The molecule has 0 spiro atoms. The molecule has 0 bridgehead atoms. The van der Waals surface area contributed by atoms with Gasteiger partial charge in [0.15, 0.2) is 6.10 Å². The molecule has 1 saturated carbocycles. The Morgan fingerprint density at radius 3 is 2.52 bits per heavy atom. The molecule has 3 amide bonds. The number of carbonyl (C=O) groups excluding carboxylic acids is 4. The number of benzene rings is 1. The molecule has 1 unspecified atom stereocenters. The lowest BCUT2D eigenvalue weighted by Gasteiger charge is -2.24. The van der Waals surface area contributed by atoms with Crippen LogP contribution >= 0.6 is 0 Å². The van der Waals surface area contributed by atoms with Gasteiger partial charge in [-0.1, -0.05) is 32.6 Å². The van der Waals surface area contributed by atoms with Crippen molar-refractivity contribution in [2.24, 2.45) is 0 Å². The summed E-state index contributed by atoms with van der Waals surface area (Å²) in [5, 5.41) is 2.93. The highest BCUT2D eigenvalue weighted by atomic mass is 16.5. The predicted octanol–water partition coefficient (Wildman–Crippen LogP) is 3.08. The number of esters is 1. The molecule has 1 heterocycles. The number of amides is 3. The van der Waals surface area contributed by atoms with Gasteiger partial charge in [0.2, 0.25) is 0 Å². The van der Waals surface area contributed by atoms with Crippen molar-refractivity contribution in [3.8, 4) is 0 Å². The van der Waals surface area contributed by atoms with Crippen LogP contribution in [-0.4, -0.2) is 47.3 Å². The Bertz CT molecular complexity index is 813. The molecule has 29 heavy (non-hydrogen) atoms. The van der Waals surface area contributed by atoms with Crippen LogP contribution in [0.1, 0.15) is 89.9 Å². The molecule has 1 aromatic rings. The first-order valence-corrected chi connectivity index (χ1v) is 10.4. The lowest BCUT2D eigenvalue weighted by molar-refractivity contribution is -0.130. The van der Waals surface area contributed by atoms with Crippen LogP contribution in [0.15, 0.2) is 18.2 Å². The second-order valence-electron chi connectivity index (χ2n) is 7.77. The molecule has 7 nitrogen and oxygen atoms in total. The van der Waals surface area contributed by atoms with Gasteiger partial charge in [-0.3, -0.25) is 19.3 Å². The molecule has 3 rings (SSSR count). The summed E-state index contributed by atoms with van der Waals surface area (Å²) >= 11 is 0. The Morgan fingerprint density at radius 2 is 1.83 bits per heavy atom. The normalized spacial score (nSPS) is 17.8. The second-order valence-corrected chi connectivity index (χ2v) is 7.77. The number of carbonyl (C=O) groups is 4. The third-order valence-electron chi connectivity index (χ3n) is 5.55. The number of fused-ring (bicyclic) bond motifs is 1. The lowest BCUT2D eigenvalue weighted by atomic mass is 9.95. The van der Waals surface area contributed by atoms with Crippen molar-refractivity contribution in [1.82, 2.24) is 10.2 Å². The fourth-order valence-corrected chi connectivity index (χ4v) is 3.78. The van der Waals surface area contributed by atoms with E-state index in [0.717, 1.165) is 38.5 Å². The minimum absolute atomic E-state index is 0.134. The smallest absolute Gasteiger partial charge is 0.338 e. The number of nitrogens with one attached hydrogen (secondary N) is 1. The molecule has 1 fully saturated rings. The van der Waals surface area contributed by atoms with Crippen molar-refractivity contribution in [3.63, 3.8) is 0 Å². The number of hydrogen-bond acceptors (Lipinski definition) is 5. The third kappa shape index (κ3) is 4.66. The number of nitrogens with zero attached hydrogens (tertiary/aromatic N) is 1. The van der Waals surface area contributed by atoms with Gasteiger partial charge in [0, 0.05) is 12.6 Å². The van der Waals surface area contributed by atoms with Crippen molar-refractivity contribution in [2.75, 3.05) is 6.54 Å². The van der Waals surface area contributed by atoms with Gasteiger partial charge in [-0.05, 0) is 44.4 Å². The minimum Gasteiger partial charge on any atom is -0.449 e. The molecular formula is C22H28N2O5. The van der Waals surface area contributed by atoms with Gasteiger partial charge in [0.25, 0.3) is 17.7 Å². The van der Waals surface area contributed by atoms with Crippen LogP contribution in [0.4, 0.5) is 0 Å². The van der Waals surface area contributed by atoms with Crippen LogP contribution in [0.2, 0.25) is 0 Å². The van der Waals surface area contributed by atoms with Crippen LogP contribution in [0, 0.1) is 0 Å². The van der Waals surface area contributed by atoms with Gasteiger partial charge < -0.3 is 10.1 Å². The van der Waals surface area contributed by atoms with Crippen molar-refractivity contribution in [2.45, 2.75) is 70.9 Å². The van der Waals surface area contributed by atoms with Crippen molar-refractivity contribution in [1.29, 1.82) is 0 Å². The van der Waals surface area contributed by atoms with Gasteiger partial charge in [0.05, 0.1) is 16.7 Å². The highest BCUT2D eigenvalue weighted by Gasteiger charge is 2.35. The van der Waals surface area contributed by atoms with Gasteiger partial charge in [-0.25, -0.2) is 4.79 Å². The van der Waals surface area contributed by atoms with E-state index in [-0.39, 0.29) is 29.0 Å². The van der Waals surface area contributed by atoms with E-state index in [9.17, 15) is 19.2 Å². The summed E-state index contributed by atoms with van der Waals surface area (Å²) in [6.07, 6.45) is 5.93. The molecule has 1 aromatic carbocycles. The average molecular weight is 400 g/mol. The summed E-state index contributed by atoms with van der Waals surface area (Å²) in [6.45, 7) is 3.88. The molecule has 0 aromatic heterocycles. The molecule has 1 aliphatic heterocycles. The fraction of sp³-hybridized carbons (Fsp3) is 0.545. The highest BCUT2D eigenvalue weighted by molar-refractivity contribution is 6.22. The van der Waals surface area contributed by atoms with Crippen LogP contribution in [0.25, 0.3) is 0 Å². The Balaban J connectivity index is 1.63. The van der Waals surface area contributed by atoms with E-state index in [4.69, 9.17) is 4.74 Å². The number of imide groups is 1. The minimum atomic E-state index is -0.934. The zero-order valence-electron chi connectivity index (χ0n) is 17.0. The molecule has 1 atom stereocenters. The first kappa shape index (κ1) is 21.0. The molecule has 1 aliphatic carbocycles. The second kappa shape index (κ2) is 9.20. The Labute approximate surface area is 170 Å². The van der Waals surface area contributed by atoms with Gasteiger partial charge in [0.1, 0.15) is 0 Å². The van der Waals surface area contributed by atoms with Crippen molar-refractivity contribution < 1.29 is 23.9 Å². The molecule has 2 aliphatic rings. The molecule has 0 radical (unpaired) electrons. The van der Waals surface area contributed by atoms with Crippen molar-refractivity contribution >= 4 is 23.7 Å². The number of hydrogen-bond donors (Lipinski definition) is 1. The van der Waals surface area contributed by atoms with E-state index < -0.39 is 18.0 Å². The van der Waals surface area contributed by atoms with E-state index in [1.54, 1.807) is 0 Å². The maximum Gasteiger partial charge on any atom is 0.338 e. The molecular weight excluding hydrogens is 372 g/mol. The Hall–Kier alpha value is -2.70. The lowest BCUT2D eigenvalue weighted by Crippen LogP contribution is -2.42. The number of rotatable bonds is 7. The first-order chi connectivity index (χ1) is 13.9.